The van der Waals surface area contributed by atoms with E-state index in [1.807, 2.05) is 0 Å². The van der Waals surface area contributed by atoms with E-state index in [2.05, 4.69) is 18.7 Å². The Bertz CT molecular complexity index is 495. The van der Waals surface area contributed by atoms with Gasteiger partial charge in [-0.3, -0.25) is 0 Å². The van der Waals surface area contributed by atoms with Gasteiger partial charge in [0.05, 0.1) is 6.10 Å². The van der Waals surface area contributed by atoms with Crippen molar-refractivity contribution < 1.29 is 14.2 Å². The summed E-state index contributed by atoms with van der Waals surface area (Å²) < 4.78 is 19.4. The van der Waals surface area contributed by atoms with E-state index in [0.717, 1.165) is 25.9 Å². The van der Waals surface area contributed by atoms with Crippen LogP contribution >= 0.6 is 0 Å². The van der Waals surface area contributed by atoms with Gasteiger partial charge >= 0.3 is 0 Å². The number of aliphatic hydroxyl groups excluding tert-OH is 1. The van der Waals surface area contributed by atoms with Gasteiger partial charge in [0.1, 0.15) is 17.2 Å². The molecule has 1 atom stereocenters. The smallest absolute Gasteiger partial charge is 0.126 e. The SMILES string of the molecule is CC(C)N1CCC2(CC1)CC(O)c1cc(F)ccc1O2. The number of aliphatic hydroxyl groups is 1. The third kappa shape index (κ3) is 2.42. The molecule has 3 nitrogen and oxygen atoms in total. The predicted molar refractivity (Wildman–Crippen MR) is 75.3 cm³/mol. The van der Waals surface area contributed by atoms with Gasteiger partial charge in [-0.25, -0.2) is 4.39 Å². The van der Waals surface area contributed by atoms with Crippen LogP contribution in [-0.4, -0.2) is 34.7 Å². The summed E-state index contributed by atoms with van der Waals surface area (Å²) in [5.74, 6) is 0.320. The van der Waals surface area contributed by atoms with E-state index in [9.17, 15) is 9.50 Å². The van der Waals surface area contributed by atoms with Gasteiger partial charge in [-0.05, 0) is 44.9 Å². The molecule has 20 heavy (non-hydrogen) atoms. The molecule has 1 unspecified atom stereocenters. The van der Waals surface area contributed by atoms with Crippen molar-refractivity contribution in [3.8, 4) is 5.75 Å². The van der Waals surface area contributed by atoms with Crippen molar-refractivity contribution >= 4 is 0 Å². The van der Waals surface area contributed by atoms with E-state index in [0.29, 0.717) is 23.8 Å². The van der Waals surface area contributed by atoms with Gasteiger partial charge in [0, 0.05) is 31.1 Å². The summed E-state index contributed by atoms with van der Waals surface area (Å²) in [6, 6.07) is 4.97. The van der Waals surface area contributed by atoms with Crippen molar-refractivity contribution in [3.63, 3.8) is 0 Å². The van der Waals surface area contributed by atoms with Crippen molar-refractivity contribution in [2.75, 3.05) is 13.1 Å². The highest BCUT2D eigenvalue weighted by molar-refractivity contribution is 5.38. The molecule has 1 saturated heterocycles. The van der Waals surface area contributed by atoms with Crippen molar-refractivity contribution in [2.24, 2.45) is 0 Å². The molecule has 2 aliphatic heterocycles. The summed E-state index contributed by atoms with van der Waals surface area (Å²) in [5.41, 5.74) is 0.303. The fraction of sp³-hybridized carbons (Fsp3) is 0.625. The van der Waals surface area contributed by atoms with Crippen LogP contribution in [0.1, 0.15) is 44.8 Å². The topological polar surface area (TPSA) is 32.7 Å². The Kier molecular flexibility index (Phi) is 3.46. The maximum Gasteiger partial charge on any atom is 0.126 e. The minimum atomic E-state index is -0.625. The molecule has 1 aromatic rings. The Morgan fingerprint density at radius 3 is 2.70 bits per heavy atom. The maximum absolute atomic E-state index is 13.3. The number of benzene rings is 1. The third-order valence-corrected chi connectivity index (χ3v) is 4.66. The number of ether oxygens (including phenoxy) is 1. The molecule has 0 saturated carbocycles. The number of rotatable bonds is 1. The zero-order chi connectivity index (χ0) is 14.3. The van der Waals surface area contributed by atoms with E-state index in [1.54, 1.807) is 6.07 Å². The first kappa shape index (κ1) is 13.8. The summed E-state index contributed by atoms with van der Waals surface area (Å²) in [7, 11) is 0. The summed E-state index contributed by atoms with van der Waals surface area (Å²) in [5, 5.41) is 10.3. The van der Waals surface area contributed by atoms with Crippen molar-refractivity contribution in [3.05, 3.63) is 29.6 Å². The van der Waals surface area contributed by atoms with Crippen LogP contribution < -0.4 is 4.74 Å². The quantitative estimate of drug-likeness (QED) is 0.858. The molecule has 3 rings (SSSR count). The minimum Gasteiger partial charge on any atom is -0.487 e. The lowest BCUT2D eigenvalue weighted by Crippen LogP contribution is -2.51. The highest BCUT2D eigenvalue weighted by Gasteiger charge is 2.43. The van der Waals surface area contributed by atoms with Crippen LogP contribution in [-0.2, 0) is 0 Å². The molecule has 2 aliphatic rings. The standard InChI is InChI=1S/C16H22FNO2/c1-11(2)18-7-5-16(6-8-18)10-14(19)13-9-12(17)3-4-15(13)20-16/h3-4,9,11,14,19H,5-8,10H2,1-2H3. The predicted octanol–water partition coefficient (Wildman–Crippen LogP) is 2.88. The number of fused-ring (bicyclic) bond motifs is 1. The number of likely N-dealkylation sites (tertiary alicyclic amines) is 1. The Morgan fingerprint density at radius 1 is 1.35 bits per heavy atom. The molecule has 0 amide bonds. The third-order valence-electron chi connectivity index (χ3n) is 4.66. The highest BCUT2D eigenvalue weighted by Crippen LogP contribution is 2.44. The molecule has 4 heteroatoms. The molecule has 1 N–H and O–H groups in total. The van der Waals surface area contributed by atoms with Crippen LogP contribution in [0.2, 0.25) is 0 Å². The van der Waals surface area contributed by atoms with Gasteiger partial charge in [0.15, 0.2) is 0 Å². The van der Waals surface area contributed by atoms with E-state index in [-0.39, 0.29) is 11.4 Å². The average molecular weight is 279 g/mol. The first-order valence-corrected chi connectivity index (χ1v) is 7.40. The van der Waals surface area contributed by atoms with E-state index in [1.165, 1.54) is 12.1 Å². The van der Waals surface area contributed by atoms with Crippen LogP contribution in [0.5, 0.6) is 5.75 Å². The van der Waals surface area contributed by atoms with Crippen LogP contribution in [0.25, 0.3) is 0 Å². The fourth-order valence-electron chi connectivity index (χ4n) is 3.36. The molecule has 1 aromatic carbocycles. The zero-order valence-electron chi connectivity index (χ0n) is 12.1. The highest BCUT2D eigenvalue weighted by atomic mass is 19.1. The van der Waals surface area contributed by atoms with Gasteiger partial charge in [-0.1, -0.05) is 0 Å². The van der Waals surface area contributed by atoms with Crippen molar-refractivity contribution in [1.29, 1.82) is 0 Å². The molecular formula is C16H22FNO2. The van der Waals surface area contributed by atoms with Gasteiger partial charge in [-0.2, -0.15) is 0 Å². The lowest BCUT2D eigenvalue weighted by molar-refractivity contribution is -0.0581. The molecule has 0 radical (unpaired) electrons. The molecule has 2 heterocycles. The normalized spacial score (nSPS) is 25.6. The van der Waals surface area contributed by atoms with Crippen LogP contribution in [0, 0.1) is 5.82 Å². The van der Waals surface area contributed by atoms with E-state index >= 15 is 0 Å². The minimum absolute atomic E-state index is 0.282. The maximum atomic E-state index is 13.3. The first-order valence-electron chi connectivity index (χ1n) is 7.40. The van der Waals surface area contributed by atoms with E-state index in [4.69, 9.17) is 4.74 Å². The second-order valence-electron chi connectivity index (χ2n) is 6.32. The summed E-state index contributed by atoms with van der Waals surface area (Å²) in [6.07, 6.45) is 1.77. The number of piperidine rings is 1. The molecule has 0 bridgehead atoms. The summed E-state index contributed by atoms with van der Waals surface area (Å²) >= 11 is 0. The summed E-state index contributed by atoms with van der Waals surface area (Å²) in [4.78, 5) is 2.43. The summed E-state index contributed by atoms with van der Waals surface area (Å²) in [6.45, 7) is 6.38. The lowest BCUT2D eigenvalue weighted by atomic mass is 9.81. The number of hydrogen-bond acceptors (Lipinski definition) is 3. The number of nitrogens with zero attached hydrogens (tertiary/aromatic N) is 1. The average Bonchev–Trinajstić information content (AvgIpc) is 2.40. The number of hydrogen-bond donors (Lipinski definition) is 1. The van der Waals surface area contributed by atoms with Crippen molar-refractivity contribution in [1.82, 2.24) is 4.90 Å². The van der Waals surface area contributed by atoms with Gasteiger partial charge in [0.25, 0.3) is 0 Å². The van der Waals surface area contributed by atoms with Crippen LogP contribution in [0.15, 0.2) is 18.2 Å². The molecule has 110 valence electrons. The second kappa shape index (κ2) is 5.01. The Hall–Kier alpha value is -1.13. The number of halogens is 1. The molecule has 0 aromatic heterocycles. The second-order valence-corrected chi connectivity index (χ2v) is 6.32. The molecule has 0 aliphatic carbocycles. The monoisotopic (exact) mass is 279 g/mol. The molecule has 1 spiro atoms. The van der Waals surface area contributed by atoms with E-state index < -0.39 is 6.10 Å². The largest absolute Gasteiger partial charge is 0.487 e. The molecular weight excluding hydrogens is 257 g/mol. The van der Waals surface area contributed by atoms with Gasteiger partial charge in [0.2, 0.25) is 0 Å². The Morgan fingerprint density at radius 2 is 2.05 bits per heavy atom. The zero-order valence-corrected chi connectivity index (χ0v) is 12.1. The first-order chi connectivity index (χ1) is 9.49. The fourth-order valence-corrected chi connectivity index (χ4v) is 3.36. The Labute approximate surface area is 119 Å². The van der Waals surface area contributed by atoms with Gasteiger partial charge in [-0.15, -0.1) is 0 Å². The lowest BCUT2D eigenvalue weighted by Gasteiger charge is -2.46. The Balaban J connectivity index is 1.80. The van der Waals surface area contributed by atoms with Crippen LogP contribution in [0.4, 0.5) is 4.39 Å². The van der Waals surface area contributed by atoms with Crippen LogP contribution in [0.3, 0.4) is 0 Å². The molecule has 1 fully saturated rings. The van der Waals surface area contributed by atoms with Crippen molar-refractivity contribution in [2.45, 2.75) is 50.9 Å². The van der Waals surface area contributed by atoms with Gasteiger partial charge < -0.3 is 14.7 Å².